The molecule has 0 radical (unpaired) electrons. The zero-order valence-corrected chi connectivity index (χ0v) is 13.6. The Kier molecular flexibility index (Phi) is 4.51. The molecule has 3 heteroatoms. The van der Waals surface area contributed by atoms with Gasteiger partial charge in [-0.1, -0.05) is 30.3 Å². The van der Waals surface area contributed by atoms with E-state index >= 15 is 0 Å². The van der Waals surface area contributed by atoms with Crippen LogP contribution in [0.4, 0.5) is 0 Å². The molecule has 0 fully saturated rings. The van der Waals surface area contributed by atoms with Gasteiger partial charge >= 0.3 is 0 Å². The number of rotatable bonds is 4. The van der Waals surface area contributed by atoms with Crippen molar-refractivity contribution in [2.75, 3.05) is 0 Å². The minimum absolute atomic E-state index is 0.530. The molecule has 0 aliphatic carbocycles. The van der Waals surface area contributed by atoms with Crippen LogP contribution in [0.5, 0.6) is 5.75 Å². The molecule has 1 N–H and O–H groups in total. The average Bonchev–Trinajstić information content (AvgIpc) is 2.37. The minimum atomic E-state index is -0.856. The Morgan fingerprint density at radius 1 is 1.15 bits per heavy atom. The Morgan fingerprint density at radius 2 is 1.80 bits per heavy atom. The molecule has 0 heterocycles. The van der Waals surface area contributed by atoms with Gasteiger partial charge < -0.3 is 9.84 Å². The molecule has 2 aromatic rings. The first kappa shape index (κ1) is 15.1. The standard InChI is InChI=1S/C17H19BrO2/c1-12-9-14(17(2,3)19)10-15(18)16(12)20-11-13-7-5-4-6-8-13/h4-10,19H,11H2,1-3H3. The fourth-order valence-electron chi connectivity index (χ4n) is 2.00. The number of halogens is 1. The third-order valence-electron chi connectivity index (χ3n) is 3.16. The van der Waals surface area contributed by atoms with E-state index < -0.39 is 5.60 Å². The van der Waals surface area contributed by atoms with Crippen LogP contribution < -0.4 is 4.74 Å². The maximum atomic E-state index is 10.1. The number of hydrogen-bond donors (Lipinski definition) is 1. The molecule has 0 unspecified atom stereocenters. The Morgan fingerprint density at radius 3 is 2.35 bits per heavy atom. The zero-order valence-electron chi connectivity index (χ0n) is 12.0. The zero-order chi connectivity index (χ0) is 14.8. The first-order valence-electron chi connectivity index (χ1n) is 6.57. The van der Waals surface area contributed by atoms with Crippen molar-refractivity contribution in [1.29, 1.82) is 0 Å². The second kappa shape index (κ2) is 5.98. The lowest BCUT2D eigenvalue weighted by atomic mass is 9.96. The summed E-state index contributed by atoms with van der Waals surface area (Å²) < 4.78 is 6.76. The molecule has 0 aliphatic rings. The second-order valence-corrected chi connectivity index (χ2v) is 6.29. The first-order valence-corrected chi connectivity index (χ1v) is 7.37. The summed E-state index contributed by atoms with van der Waals surface area (Å²) in [5.74, 6) is 0.821. The van der Waals surface area contributed by atoms with Crippen molar-refractivity contribution in [3.63, 3.8) is 0 Å². The van der Waals surface area contributed by atoms with Gasteiger partial charge in [0.25, 0.3) is 0 Å². The topological polar surface area (TPSA) is 29.5 Å². The van der Waals surface area contributed by atoms with Crippen molar-refractivity contribution in [3.05, 3.63) is 63.6 Å². The summed E-state index contributed by atoms with van der Waals surface area (Å²) in [5, 5.41) is 10.1. The van der Waals surface area contributed by atoms with E-state index in [1.54, 1.807) is 13.8 Å². The molecule has 0 bridgehead atoms. The molecule has 0 amide bonds. The Balaban J connectivity index is 2.21. The molecular formula is C17H19BrO2. The molecule has 20 heavy (non-hydrogen) atoms. The summed E-state index contributed by atoms with van der Waals surface area (Å²) in [5.41, 5.74) is 2.15. The molecule has 2 nitrogen and oxygen atoms in total. The fraction of sp³-hybridized carbons (Fsp3) is 0.294. The van der Waals surface area contributed by atoms with E-state index in [1.165, 1.54) is 0 Å². The maximum absolute atomic E-state index is 10.1. The summed E-state index contributed by atoms with van der Waals surface area (Å²) in [4.78, 5) is 0. The number of aryl methyl sites for hydroxylation is 1. The quantitative estimate of drug-likeness (QED) is 0.887. The molecular weight excluding hydrogens is 316 g/mol. The van der Waals surface area contributed by atoms with Crippen molar-refractivity contribution >= 4 is 15.9 Å². The second-order valence-electron chi connectivity index (χ2n) is 5.44. The highest BCUT2D eigenvalue weighted by Gasteiger charge is 2.19. The van der Waals surface area contributed by atoms with Crippen LogP contribution >= 0.6 is 15.9 Å². The number of ether oxygens (including phenoxy) is 1. The largest absolute Gasteiger partial charge is 0.487 e. The van der Waals surface area contributed by atoms with Crippen molar-refractivity contribution in [2.24, 2.45) is 0 Å². The third-order valence-corrected chi connectivity index (χ3v) is 3.75. The van der Waals surface area contributed by atoms with E-state index in [0.29, 0.717) is 6.61 Å². The van der Waals surface area contributed by atoms with Gasteiger partial charge in [0.2, 0.25) is 0 Å². The van der Waals surface area contributed by atoms with Crippen LogP contribution in [0.2, 0.25) is 0 Å². The van der Waals surface area contributed by atoms with E-state index in [4.69, 9.17) is 4.74 Å². The smallest absolute Gasteiger partial charge is 0.136 e. The Hall–Kier alpha value is -1.32. The van der Waals surface area contributed by atoms with E-state index in [0.717, 1.165) is 26.9 Å². The van der Waals surface area contributed by atoms with Crippen molar-refractivity contribution < 1.29 is 9.84 Å². The Bertz CT molecular complexity index is 563. The van der Waals surface area contributed by atoms with Gasteiger partial charge in [-0.25, -0.2) is 0 Å². The number of aliphatic hydroxyl groups is 1. The lowest BCUT2D eigenvalue weighted by Gasteiger charge is -2.21. The number of hydrogen-bond acceptors (Lipinski definition) is 2. The molecule has 2 aromatic carbocycles. The van der Waals surface area contributed by atoms with Gasteiger partial charge in [-0.2, -0.15) is 0 Å². The van der Waals surface area contributed by atoms with Gasteiger partial charge in [-0.05, 0) is 65.5 Å². The Labute approximate surface area is 128 Å². The van der Waals surface area contributed by atoms with E-state index in [-0.39, 0.29) is 0 Å². The summed E-state index contributed by atoms with van der Waals surface area (Å²) >= 11 is 3.53. The van der Waals surface area contributed by atoms with Gasteiger partial charge in [0, 0.05) is 0 Å². The van der Waals surface area contributed by atoms with Crippen molar-refractivity contribution in [2.45, 2.75) is 33.0 Å². The SMILES string of the molecule is Cc1cc(C(C)(C)O)cc(Br)c1OCc1ccccc1. The average molecular weight is 335 g/mol. The molecule has 2 rings (SSSR count). The monoisotopic (exact) mass is 334 g/mol. The van der Waals surface area contributed by atoms with E-state index in [2.05, 4.69) is 15.9 Å². The first-order chi connectivity index (χ1) is 9.38. The predicted octanol–water partition coefficient (Wildman–Crippen LogP) is 4.56. The lowest BCUT2D eigenvalue weighted by Crippen LogP contribution is -2.15. The summed E-state index contributed by atoms with van der Waals surface area (Å²) in [6.07, 6.45) is 0. The highest BCUT2D eigenvalue weighted by molar-refractivity contribution is 9.10. The fourth-order valence-corrected chi connectivity index (χ4v) is 2.67. The van der Waals surface area contributed by atoms with Crippen LogP contribution in [0.15, 0.2) is 46.9 Å². The van der Waals surface area contributed by atoms with Crippen LogP contribution in [0.25, 0.3) is 0 Å². The molecule has 0 saturated heterocycles. The minimum Gasteiger partial charge on any atom is -0.487 e. The predicted molar refractivity (Wildman–Crippen MR) is 84.9 cm³/mol. The van der Waals surface area contributed by atoms with Gasteiger partial charge in [-0.15, -0.1) is 0 Å². The van der Waals surface area contributed by atoms with Gasteiger partial charge in [0.1, 0.15) is 12.4 Å². The molecule has 0 aromatic heterocycles. The van der Waals surface area contributed by atoms with Crippen LogP contribution in [-0.4, -0.2) is 5.11 Å². The molecule has 0 spiro atoms. The lowest BCUT2D eigenvalue weighted by molar-refractivity contribution is 0.0784. The van der Waals surface area contributed by atoms with Crippen LogP contribution in [0, 0.1) is 6.92 Å². The summed E-state index contributed by atoms with van der Waals surface area (Å²) in [6, 6.07) is 13.9. The maximum Gasteiger partial charge on any atom is 0.136 e. The van der Waals surface area contributed by atoms with Crippen LogP contribution in [0.1, 0.15) is 30.5 Å². The molecule has 0 aliphatic heterocycles. The highest BCUT2D eigenvalue weighted by Crippen LogP contribution is 2.34. The summed E-state index contributed by atoms with van der Waals surface area (Å²) in [7, 11) is 0. The third kappa shape index (κ3) is 3.62. The van der Waals surface area contributed by atoms with Crippen molar-refractivity contribution in [1.82, 2.24) is 0 Å². The molecule has 106 valence electrons. The highest BCUT2D eigenvalue weighted by atomic mass is 79.9. The van der Waals surface area contributed by atoms with Crippen molar-refractivity contribution in [3.8, 4) is 5.75 Å². The normalized spacial score (nSPS) is 11.4. The van der Waals surface area contributed by atoms with Crippen LogP contribution in [-0.2, 0) is 12.2 Å². The van der Waals surface area contributed by atoms with Gasteiger partial charge in [0.05, 0.1) is 10.1 Å². The van der Waals surface area contributed by atoms with Gasteiger partial charge in [-0.3, -0.25) is 0 Å². The summed E-state index contributed by atoms with van der Waals surface area (Å²) in [6.45, 7) is 6.07. The number of benzene rings is 2. The molecule has 0 atom stereocenters. The molecule has 0 saturated carbocycles. The van der Waals surface area contributed by atoms with Gasteiger partial charge in [0.15, 0.2) is 0 Å². The van der Waals surface area contributed by atoms with E-state index in [1.807, 2.05) is 49.4 Å². The van der Waals surface area contributed by atoms with E-state index in [9.17, 15) is 5.11 Å². The van der Waals surface area contributed by atoms with Crippen LogP contribution in [0.3, 0.4) is 0 Å².